The standard InChI is InChI=1S/Ca.2H2O.Zn.2H/h;2*1H2;;;/q+2;;;;2*-1. The molecule has 0 aromatic heterocycles. The molecule has 0 radical (unpaired) electrons. The van der Waals surface area contributed by atoms with Crippen molar-refractivity contribution in [3.8, 4) is 0 Å². The van der Waals surface area contributed by atoms with Crippen LogP contribution in [-0.2, 0) is 19.5 Å². The molecule has 0 aliphatic carbocycles. The van der Waals surface area contributed by atoms with Crippen LogP contribution < -0.4 is 0 Å². The summed E-state index contributed by atoms with van der Waals surface area (Å²) in [6, 6.07) is 0. The molecular weight excluding hydrogens is 137 g/mol. The minimum atomic E-state index is 0. The molecule has 0 aromatic rings. The summed E-state index contributed by atoms with van der Waals surface area (Å²) in [5, 5.41) is 0. The normalized spacial score (nSPS) is 0. The van der Waals surface area contributed by atoms with Gasteiger partial charge < -0.3 is 13.8 Å². The van der Waals surface area contributed by atoms with Gasteiger partial charge in [-0.05, 0) is 0 Å². The van der Waals surface area contributed by atoms with Gasteiger partial charge in [-0.2, -0.15) is 0 Å². The van der Waals surface area contributed by atoms with Crippen LogP contribution in [0.3, 0.4) is 0 Å². The zero-order chi connectivity index (χ0) is 0. The maximum absolute atomic E-state index is 0. The van der Waals surface area contributed by atoms with Crippen LogP contribution in [0.15, 0.2) is 0 Å². The molecule has 0 aliphatic rings. The first-order valence-electron chi connectivity index (χ1n) is 0. The topological polar surface area (TPSA) is 63.0 Å². The first-order valence-corrected chi connectivity index (χ1v) is 0. The molecule has 0 bridgehead atoms. The second-order valence-corrected chi connectivity index (χ2v) is 0. The molecule has 0 fully saturated rings. The minimum absolute atomic E-state index is 0. The van der Waals surface area contributed by atoms with Gasteiger partial charge in [0, 0.05) is 19.5 Å². The van der Waals surface area contributed by atoms with Gasteiger partial charge in [-0.15, -0.1) is 0 Å². The van der Waals surface area contributed by atoms with E-state index in [1.807, 2.05) is 0 Å². The number of rotatable bonds is 0. The summed E-state index contributed by atoms with van der Waals surface area (Å²) < 4.78 is 0. The van der Waals surface area contributed by atoms with Gasteiger partial charge in [0.25, 0.3) is 0 Å². The summed E-state index contributed by atoms with van der Waals surface area (Å²) in [5.41, 5.74) is 0. The zero-order valence-corrected chi connectivity index (χ0v) is 7.59. The van der Waals surface area contributed by atoms with Gasteiger partial charge in [0.15, 0.2) is 0 Å². The maximum Gasteiger partial charge on any atom is 2.00 e. The molecule has 0 unspecified atom stereocenters. The van der Waals surface area contributed by atoms with Gasteiger partial charge in [0.1, 0.15) is 0 Å². The van der Waals surface area contributed by atoms with Crippen LogP contribution in [0.4, 0.5) is 0 Å². The molecule has 2 nitrogen and oxygen atoms in total. The van der Waals surface area contributed by atoms with Crippen molar-refractivity contribution in [3.63, 3.8) is 0 Å². The minimum Gasteiger partial charge on any atom is -1.00 e. The van der Waals surface area contributed by atoms with Crippen molar-refractivity contribution in [2.45, 2.75) is 0 Å². The van der Waals surface area contributed by atoms with Crippen LogP contribution in [0.2, 0.25) is 0 Å². The van der Waals surface area contributed by atoms with Crippen molar-refractivity contribution in [1.82, 2.24) is 0 Å². The van der Waals surface area contributed by atoms with Crippen molar-refractivity contribution in [2.24, 2.45) is 0 Å². The molecule has 0 heterocycles. The van der Waals surface area contributed by atoms with Crippen LogP contribution in [0.5, 0.6) is 0 Å². The van der Waals surface area contributed by atoms with Crippen molar-refractivity contribution in [3.05, 3.63) is 0 Å². The third-order valence-corrected chi connectivity index (χ3v) is 0. The van der Waals surface area contributed by atoms with E-state index >= 15 is 0 Å². The Kier molecular flexibility index (Phi) is 220. The number of hydrogen-bond acceptors (Lipinski definition) is 0. The first kappa shape index (κ1) is 41.2. The molecular formula is H6CaO2Zn. The Bertz CT molecular complexity index is 11.5. The van der Waals surface area contributed by atoms with Crippen LogP contribution in [0.25, 0.3) is 0 Å². The van der Waals surface area contributed by atoms with E-state index in [0.29, 0.717) is 0 Å². The van der Waals surface area contributed by atoms with E-state index in [-0.39, 0.29) is 71.0 Å². The maximum atomic E-state index is 0. The Morgan fingerprint density at radius 1 is 1.00 bits per heavy atom. The summed E-state index contributed by atoms with van der Waals surface area (Å²) in [6.45, 7) is 0. The quantitative estimate of drug-likeness (QED) is 0.359. The van der Waals surface area contributed by atoms with Gasteiger partial charge in [0.2, 0.25) is 0 Å². The fraction of sp³-hybridized carbons (Fsp3) is 0. The Labute approximate surface area is 70.3 Å². The summed E-state index contributed by atoms with van der Waals surface area (Å²) in [7, 11) is 0. The molecule has 4 heavy (non-hydrogen) atoms. The van der Waals surface area contributed by atoms with E-state index in [0.717, 1.165) is 0 Å². The van der Waals surface area contributed by atoms with Crippen LogP contribution in [0.1, 0.15) is 2.85 Å². The number of hydrogen-bond donors (Lipinski definition) is 0. The molecule has 22 valence electrons. The third-order valence-electron chi connectivity index (χ3n) is 0. The summed E-state index contributed by atoms with van der Waals surface area (Å²) in [6.07, 6.45) is 0. The smallest absolute Gasteiger partial charge is 1.00 e. The fourth-order valence-corrected chi connectivity index (χ4v) is 0. The molecule has 0 atom stereocenters. The average Bonchev–Trinajstić information content (AvgIpc) is 0. The van der Waals surface area contributed by atoms with E-state index < -0.39 is 0 Å². The van der Waals surface area contributed by atoms with E-state index in [4.69, 9.17) is 0 Å². The van der Waals surface area contributed by atoms with Crippen molar-refractivity contribution >= 4 is 37.7 Å². The molecule has 0 spiro atoms. The fourth-order valence-electron chi connectivity index (χ4n) is 0. The molecule has 0 aliphatic heterocycles. The molecule has 0 aromatic carbocycles. The van der Waals surface area contributed by atoms with Gasteiger partial charge in [-0.25, -0.2) is 0 Å². The predicted molar refractivity (Wildman–Crippen MR) is 15.2 cm³/mol. The molecule has 0 saturated heterocycles. The SMILES string of the molecule is O.O.[Ca+2].[H-].[H-].[Zn]. The summed E-state index contributed by atoms with van der Waals surface area (Å²) in [4.78, 5) is 0. The Morgan fingerprint density at radius 3 is 1.00 bits per heavy atom. The predicted octanol–water partition coefficient (Wildman–Crippen LogP) is -1.81. The summed E-state index contributed by atoms with van der Waals surface area (Å²) >= 11 is 0. The second kappa shape index (κ2) is 21.4. The molecule has 0 amide bonds. The average molecular weight is 144 g/mol. The van der Waals surface area contributed by atoms with E-state index in [2.05, 4.69) is 0 Å². The second-order valence-electron chi connectivity index (χ2n) is 0. The van der Waals surface area contributed by atoms with Crippen molar-refractivity contribution in [1.29, 1.82) is 0 Å². The van der Waals surface area contributed by atoms with Crippen molar-refractivity contribution in [2.75, 3.05) is 0 Å². The third kappa shape index (κ3) is 9.19. The first-order chi connectivity index (χ1) is 0. The Balaban J connectivity index is 0. The zero-order valence-electron chi connectivity index (χ0n) is 4.41. The largest absolute Gasteiger partial charge is 2.00 e. The van der Waals surface area contributed by atoms with Gasteiger partial charge >= 0.3 is 37.7 Å². The van der Waals surface area contributed by atoms with Crippen LogP contribution in [-0.4, -0.2) is 48.7 Å². The van der Waals surface area contributed by atoms with E-state index in [1.54, 1.807) is 0 Å². The van der Waals surface area contributed by atoms with Crippen LogP contribution >= 0.6 is 0 Å². The van der Waals surface area contributed by atoms with E-state index in [9.17, 15) is 0 Å². The monoisotopic (exact) mass is 142 g/mol. The van der Waals surface area contributed by atoms with E-state index in [1.165, 1.54) is 0 Å². The van der Waals surface area contributed by atoms with Crippen molar-refractivity contribution < 1.29 is 33.3 Å². The van der Waals surface area contributed by atoms with Gasteiger partial charge in [0.05, 0.1) is 0 Å². The molecule has 0 saturated carbocycles. The molecule has 0 rings (SSSR count). The summed E-state index contributed by atoms with van der Waals surface area (Å²) in [5.74, 6) is 0. The molecule has 4 N–H and O–H groups in total. The Morgan fingerprint density at radius 2 is 1.00 bits per heavy atom. The van der Waals surface area contributed by atoms with Crippen LogP contribution in [0, 0.1) is 0 Å². The van der Waals surface area contributed by atoms with Gasteiger partial charge in [-0.3, -0.25) is 0 Å². The van der Waals surface area contributed by atoms with Gasteiger partial charge in [-0.1, -0.05) is 0 Å². The Hall–Kier alpha value is 1.80. The molecule has 4 heteroatoms.